The first-order valence-electron chi connectivity index (χ1n) is 6.96. The van der Waals surface area contributed by atoms with E-state index in [0.717, 1.165) is 16.5 Å². The van der Waals surface area contributed by atoms with Gasteiger partial charge in [-0.3, -0.25) is 0 Å². The number of halogens is 1. The normalized spacial score (nSPS) is 10.9. The average molecular weight is 298 g/mol. The summed E-state index contributed by atoms with van der Waals surface area (Å²) in [6.45, 7) is 3.96. The number of ether oxygens (including phenoxy) is 1. The second-order valence-electron chi connectivity index (χ2n) is 5.19. The lowest BCUT2D eigenvalue weighted by atomic mass is 10.0. The fraction of sp³-hybridized carbons (Fsp3) is 0.167. The van der Waals surface area contributed by atoms with Crippen LogP contribution >= 0.6 is 0 Å². The Morgan fingerprint density at radius 1 is 1.14 bits per heavy atom. The van der Waals surface area contributed by atoms with E-state index in [1.165, 1.54) is 12.1 Å². The Morgan fingerprint density at radius 3 is 2.68 bits per heavy atom. The molecule has 3 rings (SSSR count). The van der Waals surface area contributed by atoms with E-state index < -0.39 is 11.4 Å². The molecule has 0 radical (unpaired) electrons. The first-order chi connectivity index (χ1) is 10.6. The van der Waals surface area contributed by atoms with Gasteiger partial charge in [0.15, 0.2) is 11.6 Å². The SMILES string of the molecule is Cc1ccc2c(COc3ccccc3F)cc(=O)oc2c1C. The Kier molecular flexibility index (Phi) is 3.67. The predicted molar refractivity (Wildman–Crippen MR) is 82.7 cm³/mol. The van der Waals surface area contributed by atoms with Crippen molar-refractivity contribution >= 4 is 11.0 Å². The molecule has 0 aliphatic rings. The van der Waals surface area contributed by atoms with Crippen LogP contribution in [0.4, 0.5) is 4.39 Å². The Bertz CT molecular complexity index is 896. The number of benzene rings is 2. The molecule has 22 heavy (non-hydrogen) atoms. The summed E-state index contributed by atoms with van der Waals surface area (Å²) >= 11 is 0. The summed E-state index contributed by atoms with van der Waals surface area (Å²) in [5.41, 5.74) is 2.76. The Balaban J connectivity index is 2.02. The molecule has 1 heterocycles. The van der Waals surface area contributed by atoms with E-state index in [-0.39, 0.29) is 12.4 Å². The van der Waals surface area contributed by atoms with Crippen molar-refractivity contribution in [1.29, 1.82) is 0 Å². The van der Waals surface area contributed by atoms with Crippen LogP contribution in [0.25, 0.3) is 11.0 Å². The molecular formula is C18H15FO3. The van der Waals surface area contributed by atoms with Gasteiger partial charge in [-0.25, -0.2) is 9.18 Å². The van der Waals surface area contributed by atoms with Gasteiger partial charge >= 0.3 is 5.63 Å². The van der Waals surface area contributed by atoms with Crippen LogP contribution < -0.4 is 10.4 Å². The van der Waals surface area contributed by atoms with Gasteiger partial charge in [0.2, 0.25) is 0 Å². The zero-order valence-electron chi connectivity index (χ0n) is 12.4. The standard InChI is InChI=1S/C18H15FO3/c1-11-7-8-14-13(9-17(20)22-18(14)12(11)2)10-21-16-6-4-3-5-15(16)19/h3-9H,10H2,1-2H3. The minimum absolute atomic E-state index is 0.103. The third-order valence-corrected chi connectivity index (χ3v) is 3.74. The zero-order chi connectivity index (χ0) is 15.7. The number of aryl methyl sites for hydroxylation is 2. The van der Waals surface area contributed by atoms with E-state index in [1.807, 2.05) is 26.0 Å². The second-order valence-corrected chi connectivity index (χ2v) is 5.19. The van der Waals surface area contributed by atoms with Gasteiger partial charge in [-0.15, -0.1) is 0 Å². The van der Waals surface area contributed by atoms with Crippen LogP contribution in [0.1, 0.15) is 16.7 Å². The topological polar surface area (TPSA) is 39.4 Å². The molecule has 1 aromatic heterocycles. The van der Waals surface area contributed by atoms with Crippen molar-refractivity contribution < 1.29 is 13.5 Å². The molecule has 0 atom stereocenters. The number of fused-ring (bicyclic) bond motifs is 1. The third-order valence-electron chi connectivity index (χ3n) is 3.74. The van der Waals surface area contributed by atoms with E-state index in [4.69, 9.17) is 9.15 Å². The summed E-state index contributed by atoms with van der Waals surface area (Å²) in [4.78, 5) is 11.7. The zero-order valence-corrected chi connectivity index (χ0v) is 12.4. The summed E-state index contributed by atoms with van der Waals surface area (Å²) in [6.07, 6.45) is 0. The van der Waals surface area contributed by atoms with Crippen molar-refractivity contribution in [2.24, 2.45) is 0 Å². The quantitative estimate of drug-likeness (QED) is 0.683. The van der Waals surface area contributed by atoms with Crippen LogP contribution in [-0.4, -0.2) is 0 Å². The highest BCUT2D eigenvalue weighted by Crippen LogP contribution is 2.25. The molecule has 0 N–H and O–H groups in total. The maximum absolute atomic E-state index is 13.6. The summed E-state index contributed by atoms with van der Waals surface area (Å²) in [5, 5.41) is 0.805. The molecule has 112 valence electrons. The van der Waals surface area contributed by atoms with Crippen LogP contribution in [0.5, 0.6) is 5.75 Å². The molecule has 0 aliphatic carbocycles. The molecule has 0 aliphatic heterocycles. The Hall–Kier alpha value is -2.62. The van der Waals surface area contributed by atoms with Crippen molar-refractivity contribution in [3.8, 4) is 5.75 Å². The van der Waals surface area contributed by atoms with Gasteiger partial charge in [0.1, 0.15) is 12.2 Å². The maximum atomic E-state index is 13.6. The molecule has 0 fully saturated rings. The molecule has 0 amide bonds. The molecular weight excluding hydrogens is 283 g/mol. The molecule has 0 saturated heterocycles. The highest BCUT2D eigenvalue weighted by molar-refractivity contribution is 5.83. The fourth-order valence-corrected chi connectivity index (χ4v) is 2.36. The van der Waals surface area contributed by atoms with E-state index in [0.29, 0.717) is 11.1 Å². The average Bonchev–Trinajstić information content (AvgIpc) is 2.50. The maximum Gasteiger partial charge on any atom is 0.336 e. The minimum Gasteiger partial charge on any atom is -0.486 e. The van der Waals surface area contributed by atoms with Crippen molar-refractivity contribution in [3.63, 3.8) is 0 Å². The molecule has 4 heteroatoms. The summed E-state index contributed by atoms with van der Waals surface area (Å²) in [5.74, 6) is -0.269. The fourth-order valence-electron chi connectivity index (χ4n) is 2.36. The molecule has 2 aromatic carbocycles. The van der Waals surface area contributed by atoms with Crippen LogP contribution in [0.15, 0.2) is 51.7 Å². The van der Waals surface area contributed by atoms with E-state index in [1.54, 1.807) is 18.2 Å². The van der Waals surface area contributed by atoms with Gasteiger partial charge < -0.3 is 9.15 Å². The van der Waals surface area contributed by atoms with Crippen molar-refractivity contribution in [2.75, 3.05) is 0 Å². The second kappa shape index (κ2) is 5.64. The smallest absolute Gasteiger partial charge is 0.336 e. The van der Waals surface area contributed by atoms with Gasteiger partial charge in [-0.2, -0.15) is 0 Å². The van der Waals surface area contributed by atoms with Crippen molar-refractivity contribution in [2.45, 2.75) is 20.5 Å². The first-order valence-corrected chi connectivity index (χ1v) is 6.96. The van der Waals surface area contributed by atoms with Gasteiger partial charge in [0.25, 0.3) is 0 Å². The lowest BCUT2D eigenvalue weighted by Crippen LogP contribution is -2.05. The third kappa shape index (κ3) is 2.60. The van der Waals surface area contributed by atoms with Crippen LogP contribution in [0.2, 0.25) is 0 Å². The molecule has 0 unspecified atom stereocenters. The van der Waals surface area contributed by atoms with E-state index >= 15 is 0 Å². The van der Waals surface area contributed by atoms with Crippen molar-refractivity contribution in [3.05, 3.63) is 75.4 Å². The molecule has 0 spiro atoms. The lowest BCUT2D eigenvalue weighted by Gasteiger charge is -2.10. The molecule has 3 aromatic rings. The largest absolute Gasteiger partial charge is 0.486 e. The summed E-state index contributed by atoms with van der Waals surface area (Å²) in [6, 6.07) is 11.4. The molecule has 0 saturated carbocycles. The molecule has 3 nitrogen and oxygen atoms in total. The van der Waals surface area contributed by atoms with E-state index in [9.17, 15) is 9.18 Å². The number of rotatable bonds is 3. The summed E-state index contributed by atoms with van der Waals surface area (Å²) in [7, 11) is 0. The Labute approximate surface area is 127 Å². The number of hydrogen-bond acceptors (Lipinski definition) is 3. The number of para-hydroxylation sites is 1. The highest BCUT2D eigenvalue weighted by atomic mass is 19.1. The van der Waals surface area contributed by atoms with Crippen LogP contribution in [-0.2, 0) is 6.61 Å². The van der Waals surface area contributed by atoms with Crippen molar-refractivity contribution in [1.82, 2.24) is 0 Å². The van der Waals surface area contributed by atoms with Gasteiger partial charge in [0.05, 0.1) is 0 Å². The van der Waals surface area contributed by atoms with Crippen LogP contribution in [0, 0.1) is 19.7 Å². The first kappa shape index (κ1) is 14.3. The van der Waals surface area contributed by atoms with Crippen LogP contribution in [0.3, 0.4) is 0 Å². The monoisotopic (exact) mass is 298 g/mol. The number of hydrogen-bond donors (Lipinski definition) is 0. The predicted octanol–water partition coefficient (Wildman–Crippen LogP) is 4.13. The summed E-state index contributed by atoms with van der Waals surface area (Å²) < 4.78 is 24.4. The van der Waals surface area contributed by atoms with Gasteiger partial charge in [-0.1, -0.05) is 24.3 Å². The van der Waals surface area contributed by atoms with Gasteiger partial charge in [0, 0.05) is 17.0 Å². The van der Waals surface area contributed by atoms with E-state index in [2.05, 4.69) is 0 Å². The highest BCUT2D eigenvalue weighted by Gasteiger charge is 2.11. The minimum atomic E-state index is -0.437. The molecule has 0 bridgehead atoms. The lowest BCUT2D eigenvalue weighted by molar-refractivity contribution is 0.291. The van der Waals surface area contributed by atoms with Gasteiger partial charge in [-0.05, 0) is 37.1 Å². The Morgan fingerprint density at radius 2 is 1.91 bits per heavy atom.